The smallest absolute Gasteiger partial charge is 0.167 e. The highest BCUT2D eigenvalue weighted by Gasteiger charge is 2.44. The molecule has 0 spiro atoms. The van der Waals surface area contributed by atoms with E-state index in [0.717, 1.165) is 24.5 Å². The minimum atomic E-state index is -1.03. The molecule has 0 aliphatic carbocycles. The van der Waals surface area contributed by atoms with Crippen LogP contribution in [0.4, 0.5) is 5.82 Å². The van der Waals surface area contributed by atoms with Gasteiger partial charge in [0, 0.05) is 6.61 Å². The van der Waals surface area contributed by atoms with Gasteiger partial charge >= 0.3 is 0 Å². The molecule has 2 aromatic rings. The molecule has 2 aromatic heterocycles. The molecule has 148 valence electrons. The van der Waals surface area contributed by atoms with E-state index in [9.17, 15) is 10.2 Å². The van der Waals surface area contributed by atoms with Crippen LogP contribution in [-0.2, 0) is 9.47 Å². The molecule has 2 saturated heterocycles. The van der Waals surface area contributed by atoms with Gasteiger partial charge in [0.2, 0.25) is 0 Å². The SMILES string of the molecule is CCSCC[C@H]1O[C@@H](n2cnc3c(NC4CCOC4)ncnc32)C(O)[C@H]1O. The first-order valence-corrected chi connectivity index (χ1v) is 10.5. The van der Waals surface area contributed by atoms with Crippen LogP contribution in [0.15, 0.2) is 12.7 Å². The lowest BCUT2D eigenvalue weighted by Gasteiger charge is -2.17. The van der Waals surface area contributed by atoms with Crippen molar-refractivity contribution in [2.24, 2.45) is 0 Å². The fourth-order valence-electron chi connectivity index (χ4n) is 3.53. The third-order valence-electron chi connectivity index (χ3n) is 4.99. The Morgan fingerprint density at radius 1 is 1.30 bits per heavy atom. The van der Waals surface area contributed by atoms with Gasteiger partial charge in [-0.05, 0) is 24.3 Å². The Morgan fingerprint density at radius 3 is 2.96 bits per heavy atom. The molecule has 4 rings (SSSR count). The number of imidazole rings is 1. The van der Waals surface area contributed by atoms with E-state index in [1.165, 1.54) is 6.33 Å². The van der Waals surface area contributed by atoms with E-state index in [0.29, 0.717) is 30.0 Å². The minimum absolute atomic E-state index is 0.198. The van der Waals surface area contributed by atoms with Gasteiger partial charge in [-0.1, -0.05) is 6.92 Å². The molecule has 0 bridgehead atoms. The molecule has 2 unspecified atom stereocenters. The van der Waals surface area contributed by atoms with E-state index in [2.05, 4.69) is 27.2 Å². The van der Waals surface area contributed by atoms with Crippen molar-refractivity contribution < 1.29 is 19.7 Å². The Labute approximate surface area is 161 Å². The lowest BCUT2D eigenvalue weighted by atomic mass is 10.1. The summed E-state index contributed by atoms with van der Waals surface area (Å²) in [5, 5.41) is 24.2. The second kappa shape index (κ2) is 8.27. The average molecular weight is 395 g/mol. The maximum atomic E-state index is 10.5. The molecular formula is C17H25N5O4S. The lowest BCUT2D eigenvalue weighted by molar-refractivity contribution is -0.0352. The molecule has 2 aliphatic rings. The summed E-state index contributed by atoms with van der Waals surface area (Å²) < 4.78 is 13.0. The molecular weight excluding hydrogens is 370 g/mol. The summed E-state index contributed by atoms with van der Waals surface area (Å²) in [4.78, 5) is 13.0. The van der Waals surface area contributed by atoms with Crippen LogP contribution in [-0.4, -0.2) is 78.8 Å². The maximum Gasteiger partial charge on any atom is 0.167 e. The van der Waals surface area contributed by atoms with Gasteiger partial charge in [-0.15, -0.1) is 0 Å². The summed E-state index contributed by atoms with van der Waals surface area (Å²) in [6.07, 6.45) is 1.55. The van der Waals surface area contributed by atoms with Crippen LogP contribution in [0.2, 0.25) is 0 Å². The van der Waals surface area contributed by atoms with Crippen molar-refractivity contribution in [3.05, 3.63) is 12.7 Å². The molecule has 2 fully saturated rings. The topological polar surface area (TPSA) is 115 Å². The molecule has 27 heavy (non-hydrogen) atoms. The molecule has 9 nitrogen and oxygen atoms in total. The van der Waals surface area contributed by atoms with Crippen LogP contribution >= 0.6 is 11.8 Å². The molecule has 0 saturated carbocycles. The lowest BCUT2D eigenvalue weighted by Crippen LogP contribution is -2.31. The quantitative estimate of drug-likeness (QED) is 0.585. The van der Waals surface area contributed by atoms with Gasteiger partial charge in [0.05, 0.1) is 25.1 Å². The van der Waals surface area contributed by atoms with Crippen molar-refractivity contribution in [1.82, 2.24) is 19.5 Å². The molecule has 0 amide bonds. The van der Waals surface area contributed by atoms with Gasteiger partial charge in [0.15, 0.2) is 23.2 Å². The third kappa shape index (κ3) is 3.77. The van der Waals surface area contributed by atoms with E-state index in [-0.39, 0.29) is 6.04 Å². The van der Waals surface area contributed by atoms with Gasteiger partial charge in [-0.3, -0.25) is 4.57 Å². The fourth-order valence-corrected chi connectivity index (χ4v) is 4.21. The van der Waals surface area contributed by atoms with Crippen molar-refractivity contribution in [2.75, 3.05) is 30.0 Å². The van der Waals surface area contributed by atoms with Crippen molar-refractivity contribution in [3.63, 3.8) is 0 Å². The molecule has 4 heterocycles. The van der Waals surface area contributed by atoms with E-state index in [1.807, 2.05) is 0 Å². The standard InChI is InChI=1S/C17H25N5O4S/c1-2-27-6-4-11-13(23)14(24)17(26-11)22-9-20-12-15(18-8-19-16(12)22)21-10-3-5-25-7-10/h8-11,13-14,17,23-24H,2-7H2,1H3,(H,18,19,21)/t10?,11-,13+,14?,17-/m1/s1. The summed E-state index contributed by atoms with van der Waals surface area (Å²) in [5.74, 6) is 2.53. The first kappa shape index (κ1) is 18.9. The summed E-state index contributed by atoms with van der Waals surface area (Å²) in [6, 6.07) is 0.198. The Hall–Kier alpha value is -1.46. The second-order valence-corrected chi connectivity index (χ2v) is 8.18. The summed E-state index contributed by atoms with van der Waals surface area (Å²) in [5.41, 5.74) is 1.17. The molecule has 5 atom stereocenters. The Kier molecular flexibility index (Phi) is 5.79. The number of rotatable bonds is 7. The number of aliphatic hydroxyl groups is 2. The zero-order valence-corrected chi connectivity index (χ0v) is 16.0. The van der Waals surface area contributed by atoms with Crippen LogP contribution in [0.3, 0.4) is 0 Å². The van der Waals surface area contributed by atoms with Crippen molar-refractivity contribution in [2.45, 2.75) is 50.3 Å². The van der Waals surface area contributed by atoms with Crippen molar-refractivity contribution in [1.29, 1.82) is 0 Å². The Morgan fingerprint density at radius 2 is 2.19 bits per heavy atom. The first-order valence-electron chi connectivity index (χ1n) is 9.30. The number of aliphatic hydroxyl groups excluding tert-OH is 2. The Balaban J connectivity index is 1.55. The normalized spacial score (nSPS) is 31.0. The fraction of sp³-hybridized carbons (Fsp3) is 0.706. The number of fused-ring (bicyclic) bond motifs is 1. The average Bonchev–Trinajstić information content (AvgIpc) is 3.39. The highest BCUT2D eigenvalue weighted by Crippen LogP contribution is 2.34. The van der Waals surface area contributed by atoms with E-state index >= 15 is 0 Å². The van der Waals surface area contributed by atoms with Crippen LogP contribution in [0.5, 0.6) is 0 Å². The number of nitrogens with zero attached hydrogens (tertiary/aromatic N) is 4. The van der Waals surface area contributed by atoms with E-state index in [1.54, 1.807) is 22.7 Å². The van der Waals surface area contributed by atoms with Crippen LogP contribution in [0.1, 0.15) is 26.0 Å². The van der Waals surface area contributed by atoms with Gasteiger partial charge in [0.25, 0.3) is 0 Å². The number of ether oxygens (including phenoxy) is 2. The zero-order valence-electron chi connectivity index (χ0n) is 15.2. The first-order chi connectivity index (χ1) is 13.2. The Bertz CT molecular complexity index is 769. The molecule has 10 heteroatoms. The maximum absolute atomic E-state index is 10.5. The van der Waals surface area contributed by atoms with Gasteiger partial charge < -0.3 is 25.0 Å². The number of nitrogens with one attached hydrogen (secondary N) is 1. The highest BCUT2D eigenvalue weighted by molar-refractivity contribution is 7.99. The third-order valence-corrected chi connectivity index (χ3v) is 5.92. The minimum Gasteiger partial charge on any atom is -0.388 e. The van der Waals surface area contributed by atoms with Crippen LogP contribution < -0.4 is 5.32 Å². The molecule has 3 N–H and O–H groups in total. The van der Waals surface area contributed by atoms with E-state index in [4.69, 9.17) is 9.47 Å². The number of hydrogen-bond donors (Lipinski definition) is 3. The number of thioether (sulfide) groups is 1. The molecule has 0 aromatic carbocycles. The highest BCUT2D eigenvalue weighted by atomic mass is 32.2. The van der Waals surface area contributed by atoms with Crippen LogP contribution in [0.25, 0.3) is 11.2 Å². The summed E-state index contributed by atoms with van der Waals surface area (Å²) >= 11 is 1.79. The zero-order chi connectivity index (χ0) is 18.8. The van der Waals surface area contributed by atoms with Gasteiger partial charge in [-0.2, -0.15) is 11.8 Å². The predicted molar refractivity (Wildman–Crippen MR) is 102 cm³/mol. The van der Waals surface area contributed by atoms with Gasteiger partial charge in [0.1, 0.15) is 18.5 Å². The van der Waals surface area contributed by atoms with Crippen LogP contribution in [0, 0.1) is 0 Å². The number of hydrogen-bond acceptors (Lipinski definition) is 9. The van der Waals surface area contributed by atoms with Crippen molar-refractivity contribution in [3.8, 4) is 0 Å². The number of aromatic nitrogens is 4. The largest absolute Gasteiger partial charge is 0.388 e. The summed E-state index contributed by atoms with van der Waals surface area (Å²) in [6.45, 7) is 3.47. The van der Waals surface area contributed by atoms with E-state index < -0.39 is 24.5 Å². The molecule has 2 aliphatic heterocycles. The van der Waals surface area contributed by atoms with Gasteiger partial charge in [-0.25, -0.2) is 15.0 Å². The molecule has 0 radical (unpaired) electrons. The summed E-state index contributed by atoms with van der Waals surface area (Å²) in [7, 11) is 0. The van der Waals surface area contributed by atoms with Crippen molar-refractivity contribution >= 4 is 28.7 Å². The predicted octanol–water partition coefficient (Wildman–Crippen LogP) is 0.789. The number of anilines is 1. The monoisotopic (exact) mass is 395 g/mol. The second-order valence-electron chi connectivity index (χ2n) is 6.78.